The number of unbranched alkanes of at least 4 members (excludes halogenated alkanes) is 22. The molecule has 0 spiro atoms. The van der Waals surface area contributed by atoms with Crippen molar-refractivity contribution < 1.29 is 28.6 Å². The van der Waals surface area contributed by atoms with E-state index in [0.717, 1.165) is 64.2 Å². The smallest absolute Gasteiger partial charge is 0.306 e. The van der Waals surface area contributed by atoms with Crippen molar-refractivity contribution in [2.75, 3.05) is 13.2 Å². The van der Waals surface area contributed by atoms with E-state index >= 15 is 0 Å². The van der Waals surface area contributed by atoms with Crippen LogP contribution in [0.5, 0.6) is 0 Å². The Balaban J connectivity index is 4.55. The van der Waals surface area contributed by atoms with Crippen molar-refractivity contribution in [3.05, 3.63) is 109 Å². The van der Waals surface area contributed by atoms with Gasteiger partial charge in [0.25, 0.3) is 0 Å². The maximum absolute atomic E-state index is 12.8. The number of hydrogen-bond acceptors (Lipinski definition) is 6. The second kappa shape index (κ2) is 52.7. The molecule has 1 atom stereocenters. The van der Waals surface area contributed by atoms with Crippen LogP contribution in [-0.2, 0) is 28.6 Å². The van der Waals surface area contributed by atoms with Crippen molar-refractivity contribution in [3.8, 4) is 0 Å². The van der Waals surface area contributed by atoms with E-state index in [1.54, 1.807) is 0 Å². The molecule has 0 radical (unpaired) electrons. The van der Waals surface area contributed by atoms with E-state index in [0.29, 0.717) is 19.3 Å². The van der Waals surface area contributed by atoms with Crippen LogP contribution >= 0.6 is 0 Å². The van der Waals surface area contributed by atoms with Crippen molar-refractivity contribution in [1.29, 1.82) is 0 Å². The molecule has 0 saturated carbocycles. The Morgan fingerprint density at radius 3 is 1.18 bits per heavy atom. The second-order valence-corrected chi connectivity index (χ2v) is 17.2. The SMILES string of the molecule is CC/C=C/C=C/C=C/C=C/C=C/C=C/CCCCCC(=O)OCC(COC(=O)CC/C=C/C/C=C/CCCCCCCC)OC(=O)CCCCCCCCC/C=C/CCCCCCCC. The zero-order valence-electron chi connectivity index (χ0n) is 42.0. The van der Waals surface area contributed by atoms with Crippen LogP contribution in [0.25, 0.3) is 0 Å². The summed E-state index contributed by atoms with van der Waals surface area (Å²) in [6.45, 7) is 6.38. The van der Waals surface area contributed by atoms with Gasteiger partial charge in [0.05, 0.1) is 0 Å². The van der Waals surface area contributed by atoms with E-state index in [4.69, 9.17) is 14.2 Å². The first-order valence-electron chi connectivity index (χ1n) is 26.5. The summed E-state index contributed by atoms with van der Waals surface area (Å²) < 4.78 is 16.7. The summed E-state index contributed by atoms with van der Waals surface area (Å²) in [7, 11) is 0. The van der Waals surface area contributed by atoms with Crippen LogP contribution in [0.1, 0.15) is 226 Å². The normalized spacial score (nSPS) is 13.0. The minimum Gasteiger partial charge on any atom is -0.462 e. The lowest BCUT2D eigenvalue weighted by atomic mass is 10.1. The molecule has 6 nitrogen and oxygen atoms in total. The Bertz CT molecular complexity index is 1360. The number of hydrogen-bond donors (Lipinski definition) is 0. The lowest BCUT2D eigenvalue weighted by Gasteiger charge is -2.18. The molecule has 0 rings (SSSR count). The predicted molar refractivity (Wildman–Crippen MR) is 279 cm³/mol. The van der Waals surface area contributed by atoms with Gasteiger partial charge in [-0.2, -0.15) is 0 Å². The number of rotatable bonds is 46. The summed E-state index contributed by atoms with van der Waals surface area (Å²) in [4.78, 5) is 38.0. The Morgan fingerprint density at radius 1 is 0.338 bits per heavy atom. The molecule has 1 unspecified atom stereocenters. The standard InChI is InChI=1S/C59H96O6/c1-4-7-10-13-16-19-22-25-27-29-31-34-37-40-43-46-49-52-58(61)64-55-56(54-63-57(60)51-48-45-42-39-36-33-24-21-18-15-12-9-6-3)65-59(62)53-50-47-44-41-38-35-32-30-28-26-23-20-17-14-11-8-5-2/h7,10,13,16,19,22,25-29,31,33-34,36-37,42,45,56H,4-6,8-9,11-12,14-15,17-18,20-21,23-24,30,32,35,38-41,43-44,46-55H2,1-3H3/b10-7+,16-13+,22-19+,27-25+,28-26+,31-29+,36-33+,37-34+,45-42+. The van der Waals surface area contributed by atoms with Crippen molar-refractivity contribution in [2.45, 2.75) is 232 Å². The largest absolute Gasteiger partial charge is 0.462 e. The van der Waals surface area contributed by atoms with Gasteiger partial charge in [0.15, 0.2) is 6.10 Å². The molecule has 0 fully saturated rings. The highest BCUT2D eigenvalue weighted by Gasteiger charge is 2.19. The summed E-state index contributed by atoms with van der Waals surface area (Å²) in [5, 5.41) is 0. The molecule has 0 aromatic heterocycles. The van der Waals surface area contributed by atoms with E-state index in [1.807, 2.05) is 66.8 Å². The minimum absolute atomic E-state index is 0.122. The summed E-state index contributed by atoms with van der Waals surface area (Å²) in [6, 6.07) is 0. The fourth-order valence-electron chi connectivity index (χ4n) is 6.93. The first-order valence-corrected chi connectivity index (χ1v) is 26.5. The van der Waals surface area contributed by atoms with Gasteiger partial charge in [-0.3, -0.25) is 14.4 Å². The Hall–Kier alpha value is -3.93. The third kappa shape index (κ3) is 50.9. The summed E-state index contributed by atoms with van der Waals surface area (Å²) in [5.74, 6) is -1.04. The van der Waals surface area contributed by atoms with Crippen LogP contribution < -0.4 is 0 Å². The van der Waals surface area contributed by atoms with Gasteiger partial charge in [0, 0.05) is 19.3 Å². The number of allylic oxidation sites excluding steroid dienone is 18. The average molecular weight is 901 g/mol. The van der Waals surface area contributed by atoms with Crippen LogP contribution in [0.4, 0.5) is 0 Å². The highest BCUT2D eigenvalue weighted by atomic mass is 16.6. The highest BCUT2D eigenvalue weighted by Crippen LogP contribution is 2.13. The van der Waals surface area contributed by atoms with Crippen LogP contribution in [0.3, 0.4) is 0 Å². The quantitative estimate of drug-likeness (QED) is 0.0199. The number of esters is 3. The van der Waals surface area contributed by atoms with E-state index in [9.17, 15) is 14.4 Å². The third-order valence-corrected chi connectivity index (χ3v) is 10.9. The number of ether oxygens (including phenoxy) is 3. The summed E-state index contributed by atoms with van der Waals surface area (Å²) in [5.41, 5.74) is 0. The molecular formula is C59H96O6. The first-order chi connectivity index (χ1) is 32.0. The highest BCUT2D eigenvalue weighted by molar-refractivity contribution is 5.71. The minimum atomic E-state index is -0.823. The van der Waals surface area contributed by atoms with Gasteiger partial charge in [-0.15, -0.1) is 0 Å². The van der Waals surface area contributed by atoms with Gasteiger partial charge >= 0.3 is 17.9 Å². The number of carbonyl (C=O) groups is 3. The van der Waals surface area contributed by atoms with Crippen LogP contribution in [0, 0.1) is 0 Å². The Kier molecular flexibility index (Phi) is 49.5. The fourth-order valence-corrected chi connectivity index (χ4v) is 6.93. The summed E-state index contributed by atoms with van der Waals surface area (Å²) >= 11 is 0. The van der Waals surface area contributed by atoms with E-state index in [-0.39, 0.29) is 37.5 Å². The topological polar surface area (TPSA) is 78.9 Å². The monoisotopic (exact) mass is 901 g/mol. The van der Waals surface area contributed by atoms with Gasteiger partial charge < -0.3 is 14.2 Å². The molecular weight excluding hydrogens is 805 g/mol. The van der Waals surface area contributed by atoms with Crippen molar-refractivity contribution in [2.24, 2.45) is 0 Å². The molecule has 0 heterocycles. The molecule has 0 aliphatic carbocycles. The van der Waals surface area contributed by atoms with Gasteiger partial charge in [0.1, 0.15) is 13.2 Å². The van der Waals surface area contributed by atoms with Gasteiger partial charge in [-0.1, -0.05) is 233 Å². The first kappa shape index (κ1) is 61.1. The molecule has 0 aromatic carbocycles. The van der Waals surface area contributed by atoms with E-state index in [2.05, 4.69) is 63.3 Å². The molecule has 6 heteroatoms. The van der Waals surface area contributed by atoms with Crippen LogP contribution in [0.15, 0.2) is 109 Å². The molecule has 0 aliphatic heterocycles. The molecule has 0 saturated heterocycles. The van der Waals surface area contributed by atoms with Crippen LogP contribution in [-0.4, -0.2) is 37.2 Å². The molecule has 368 valence electrons. The third-order valence-electron chi connectivity index (χ3n) is 10.9. The van der Waals surface area contributed by atoms with Crippen molar-refractivity contribution in [1.82, 2.24) is 0 Å². The van der Waals surface area contributed by atoms with E-state index < -0.39 is 6.10 Å². The summed E-state index contributed by atoms with van der Waals surface area (Å²) in [6.07, 6.45) is 70.8. The Labute approximate surface area is 400 Å². The van der Waals surface area contributed by atoms with Crippen molar-refractivity contribution >= 4 is 17.9 Å². The molecule has 65 heavy (non-hydrogen) atoms. The number of carbonyl (C=O) groups excluding carboxylic acids is 3. The lowest BCUT2D eigenvalue weighted by Crippen LogP contribution is -2.30. The lowest BCUT2D eigenvalue weighted by molar-refractivity contribution is -0.166. The van der Waals surface area contributed by atoms with Gasteiger partial charge in [-0.25, -0.2) is 0 Å². The van der Waals surface area contributed by atoms with Gasteiger partial charge in [0.2, 0.25) is 0 Å². The molecule has 0 aliphatic rings. The fraction of sp³-hybridized carbons (Fsp3) is 0.644. The molecule has 0 aromatic rings. The predicted octanol–water partition coefficient (Wildman–Crippen LogP) is 17.5. The maximum atomic E-state index is 12.8. The molecule has 0 bridgehead atoms. The molecule has 0 amide bonds. The molecule has 0 N–H and O–H groups in total. The second-order valence-electron chi connectivity index (χ2n) is 17.2. The van der Waals surface area contributed by atoms with Crippen LogP contribution in [0.2, 0.25) is 0 Å². The van der Waals surface area contributed by atoms with Gasteiger partial charge in [-0.05, 0) is 83.5 Å². The van der Waals surface area contributed by atoms with E-state index in [1.165, 1.54) is 116 Å². The zero-order valence-corrected chi connectivity index (χ0v) is 42.0. The Morgan fingerprint density at radius 2 is 0.692 bits per heavy atom. The maximum Gasteiger partial charge on any atom is 0.306 e. The zero-order chi connectivity index (χ0) is 47.2. The average Bonchev–Trinajstić information content (AvgIpc) is 3.30. The van der Waals surface area contributed by atoms with Crippen molar-refractivity contribution in [3.63, 3.8) is 0 Å².